The number of aliphatic hydroxyl groups excluding tert-OH is 1. The molecule has 0 unspecified atom stereocenters. The number of amides is 1. The summed E-state index contributed by atoms with van der Waals surface area (Å²) in [6.07, 6.45) is 0.466. The Morgan fingerprint density at radius 2 is 2.38 bits per heavy atom. The van der Waals surface area contributed by atoms with E-state index in [0.717, 1.165) is 0 Å². The standard InChI is InChI=1S/C11H12N4O4S2/c1-14-4-12-13-11(14)21-3-5-2-20-9-7(16)8(17)15(9)6(5)10(18)19/h4,7,9,16H,2-3H2,1H3,(H,18,19)/t7-,9+/m1/s1. The van der Waals surface area contributed by atoms with Gasteiger partial charge in [-0.1, -0.05) is 11.8 Å². The van der Waals surface area contributed by atoms with Crippen LogP contribution in [0, 0.1) is 0 Å². The number of nitrogens with zero attached hydrogens (tertiary/aromatic N) is 4. The van der Waals surface area contributed by atoms with Crippen molar-refractivity contribution in [1.82, 2.24) is 19.7 Å². The molecule has 1 amide bonds. The zero-order chi connectivity index (χ0) is 15.1. The zero-order valence-electron chi connectivity index (χ0n) is 11.0. The van der Waals surface area contributed by atoms with Crippen LogP contribution in [0.3, 0.4) is 0 Å². The number of β-lactam (4-membered cyclic amide) rings is 1. The van der Waals surface area contributed by atoms with E-state index in [-0.39, 0.29) is 5.70 Å². The third-order valence-corrected chi connectivity index (χ3v) is 5.71. The summed E-state index contributed by atoms with van der Waals surface area (Å²) in [5, 5.41) is 26.8. The number of aromatic nitrogens is 3. The molecule has 2 atom stereocenters. The fraction of sp³-hybridized carbons (Fsp3) is 0.455. The average molecular weight is 328 g/mol. The summed E-state index contributed by atoms with van der Waals surface area (Å²) in [7, 11) is 1.80. The molecule has 0 saturated carbocycles. The van der Waals surface area contributed by atoms with Gasteiger partial charge in [-0.3, -0.25) is 9.69 Å². The van der Waals surface area contributed by atoms with Crippen molar-refractivity contribution in [2.45, 2.75) is 16.6 Å². The van der Waals surface area contributed by atoms with E-state index >= 15 is 0 Å². The van der Waals surface area contributed by atoms with Crippen LogP contribution in [0.4, 0.5) is 0 Å². The first kappa shape index (κ1) is 14.4. The summed E-state index contributed by atoms with van der Waals surface area (Å²) in [5.74, 6) is -0.814. The topological polar surface area (TPSA) is 109 Å². The summed E-state index contributed by atoms with van der Waals surface area (Å²) >= 11 is 2.74. The molecule has 0 aliphatic carbocycles. The van der Waals surface area contributed by atoms with Crippen molar-refractivity contribution in [1.29, 1.82) is 0 Å². The molecule has 1 fully saturated rings. The van der Waals surface area contributed by atoms with Crippen LogP contribution in [0.5, 0.6) is 0 Å². The number of fused-ring (bicyclic) bond motifs is 1. The van der Waals surface area contributed by atoms with Gasteiger partial charge in [0.1, 0.15) is 17.4 Å². The van der Waals surface area contributed by atoms with Gasteiger partial charge in [0.25, 0.3) is 5.91 Å². The van der Waals surface area contributed by atoms with Crippen molar-refractivity contribution in [2.24, 2.45) is 7.05 Å². The van der Waals surface area contributed by atoms with E-state index in [0.29, 0.717) is 22.2 Å². The number of aliphatic hydroxyl groups is 1. The van der Waals surface area contributed by atoms with Crippen LogP contribution in [0.25, 0.3) is 0 Å². The van der Waals surface area contributed by atoms with E-state index in [2.05, 4.69) is 10.2 Å². The Balaban J connectivity index is 1.83. The van der Waals surface area contributed by atoms with Gasteiger partial charge in [0.05, 0.1) is 0 Å². The second-order valence-corrected chi connectivity index (χ2v) is 6.67. The van der Waals surface area contributed by atoms with Gasteiger partial charge < -0.3 is 14.8 Å². The van der Waals surface area contributed by atoms with Gasteiger partial charge in [-0.05, 0) is 5.57 Å². The molecule has 2 N–H and O–H groups in total. The fourth-order valence-electron chi connectivity index (χ4n) is 2.20. The van der Waals surface area contributed by atoms with E-state index in [4.69, 9.17) is 0 Å². The number of hydrogen-bond donors (Lipinski definition) is 2. The lowest BCUT2D eigenvalue weighted by atomic mass is 10.1. The quantitative estimate of drug-likeness (QED) is 0.564. The highest BCUT2D eigenvalue weighted by molar-refractivity contribution is 8.01. The molecule has 10 heteroatoms. The van der Waals surface area contributed by atoms with Crippen molar-refractivity contribution in [2.75, 3.05) is 11.5 Å². The van der Waals surface area contributed by atoms with Crippen LogP contribution >= 0.6 is 23.5 Å². The van der Waals surface area contributed by atoms with Crippen LogP contribution in [-0.4, -0.2) is 64.7 Å². The number of aryl methyl sites for hydroxylation is 1. The molecular formula is C11H12N4O4S2. The molecule has 3 heterocycles. The first-order valence-electron chi connectivity index (χ1n) is 6.05. The van der Waals surface area contributed by atoms with Gasteiger partial charge in [0.15, 0.2) is 11.3 Å². The number of aliphatic carboxylic acids is 1. The lowest BCUT2D eigenvalue weighted by Crippen LogP contribution is -2.64. The van der Waals surface area contributed by atoms with E-state index in [1.807, 2.05) is 0 Å². The van der Waals surface area contributed by atoms with Crippen molar-refractivity contribution >= 4 is 35.4 Å². The molecule has 8 nitrogen and oxygen atoms in total. The molecule has 0 aromatic carbocycles. The van der Waals surface area contributed by atoms with Gasteiger partial charge >= 0.3 is 5.97 Å². The second-order valence-electron chi connectivity index (χ2n) is 4.63. The maximum Gasteiger partial charge on any atom is 0.352 e. The van der Waals surface area contributed by atoms with Gasteiger partial charge in [-0.15, -0.1) is 22.0 Å². The summed E-state index contributed by atoms with van der Waals surface area (Å²) in [5.41, 5.74) is 0.640. The SMILES string of the molecule is Cn1cnnc1SCC1=C(C(=O)O)N2C(=O)[C@@H](O)[C@@H]2SC1. The smallest absolute Gasteiger partial charge is 0.352 e. The third kappa shape index (κ3) is 2.32. The summed E-state index contributed by atoms with van der Waals surface area (Å²) < 4.78 is 1.74. The maximum atomic E-state index is 11.7. The van der Waals surface area contributed by atoms with Crippen molar-refractivity contribution < 1.29 is 19.8 Å². The van der Waals surface area contributed by atoms with Crippen LogP contribution in [0.2, 0.25) is 0 Å². The Morgan fingerprint density at radius 3 is 3.00 bits per heavy atom. The summed E-state index contributed by atoms with van der Waals surface area (Å²) in [4.78, 5) is 24.3. The monoisotopic (exact) mass is 328 g/mol. The molecule has 0 bridgehead atoms. The molecule has 1 aromatic heterocycles. The van der Waals surface area contributed by atoms with E-state index in [9.17, 15) is 19.8 Å². The van der Waals surface area contributed by atoms with E-state index in [1.54, 1.807) is 17.9 Å². The number of carboxylic acids is 1. The van der Waals surface area contributed by atoms with Crippen molar-refractivity contribution in [3.05, 3.63) is 17.6 Å². The Morgan fingerprint density at radius 1 is 1.62 bits per heavy atom. The molecule has 2 aliphatic rings. The van der Waals surface area contributed by atoms with Crippen LogP contribution in [-0.2, 0) is 16.6 Å². The molecule has 1 aromatic rings. The Labute approximate surface area is 128 Å². The average Bonchev–Trinajstić information content (AvgIpc) is 2.88. The van der Waals surface area contributed by atoms with Gasteiger partial charge in [0, 0.05) is 18.6 Å². The minimum Gasteiger partial charge on any atom is -0.477 e. The molecular weight excluding hydrogens is 316 g/mol. The Kier molecular flexibility index (Phi) is 3.68. The summed E-state index contributed by atoms with van der Waals surface area (Å²) in [6.45, 7) is 0. The minimum absolute atomic E-state index is 0.0104. The molecule has 1 saturated heterocycles. The first-order chi connectivity index (χ1) is 10.0. The number of rotatable bonds is 4. The Bertz CT molecular complexity index is 644. The Hall–Kier alpha value is -1.52. The molecule has 3 rings (SSSR count). The normalized spacial score (nSPS) is 24.9. The molecule has 112 valence electrons. The number of hydrogen-bond acceptors (Lipinski definition) is 7. The number of thioether (sulfide) groups is 2. The highest BCUT2D eigenvalue weighted by atomic mass is 32.2. The largest absolute Gasteiger partial charge is 0.477 e. The highest BCUT2D eigenvalue weighted by Crippen LogP contribution is 2.41. The third-order valence-electron chi connectivity index (χ3n) is 3.27. The fourth-order valence-corrected chi connectivity index (χ4v) is 4.49. The molecule has 2 aliphatic heterocycles. The number of carbonyl (C=O) groups is 2. The predicted molar refractivity (Wildman–Crippen MR) is 75.5 cm³/mol. The van der Waals surface area contributed by atoms with Gasteiger partial charge in [0.2, 0.25) is 0 Å². The minimum atomic E-state index is -1.14. The number of carboxylic acid groups (broad SMARTS) is 1. The number of carbonyl (C=O) groups excluding carboxylic acids is 1. The van der Waals surface area contributed by atoms with Crippen LogP contribution in [0.15, 0.2) is 22.8 Å². The lowest BCUT2D eigenvalue weighted by molar-refractivity contribution is -0.159. The zero-order valence-corrected chi connectivity index (χ0v) is 12.6. The predicted octanol–water partition coefficient (Wildman–Crippen LogP) is -0.478. The van der Waals surface area contributed by atoms with Gasteiger partial charge in [-0.2, -0.15) is 0 Å². The summed E-state index contributed by atoms with van der Waals surface area (Å²) in [6, 6.07) is 0. The lowest BCUT2D eigenvalue weighted by Gasteiger charge is -2.47. The van der Waals surface area contributed by atoms with Crippen molar-refractivity contribution in [3.63, 3.8) is 0 Å². The molecule has 0 radical (unpaired) electrons. The molecule has 21 heavy (non-hydrogen) atoms. The van der Waals surface area contributed by atoms with Crippen LogP contribution in [0.1, 0.15) is 0 Å². The maximum absolute atomic E-state index is 11.7. The molecule has 0 spiro atoms. The first-order valence-corrected chi connectivity index (χ1v) is 8.09. The van der Waals surface area contributed by atoms with Gasteiger partial charge in [-0.25, -0.2) is 4.79 Å². The van der Waals surface area contributed by atoms with E-state index in [1.165, 1.54) is 28.4 Å². The van der Waals surface area contributed by atoms with E-state index < -0.39 is 23.4 Å². The second kappa shape index (κ2) is 5.35. The van der Waals surface area contributed by atoms with Crippen molar-refractivity contribution in [3.8, 4) is 0 Å². The highest BCUT2D eigenvalue weighted by Gasteiger charge is 2.52. The van der Waals surface area contributed by atoms with Crippen LogP contribution < -0.4 is 0 Å².